The molecule has 0 radical (unpaired) electrons. The number of methoxy groups -OCH3 is 1. The smallest absolute Gasteiger partial charge is 0.254 e. The fraction of sp³-hybridized carbons (Fsp3) is 0.353. The number of hydrogen-bond acceptors (Lipinski definition) is 3. The average molecular weight is 301 g/mol. The van der Waals surface area contributed by atoms with Crippen LogP contribution in [-0.2, 0) is 17.8 Å². The number of hydrogen-bond donors (Lipinski definition) is 0. The minimum Gasteiger partial charge on any atom is -0.380 e. The number of benzene rings is 1. The molecule has 3 nitrogen and oxygen atoms in total. The largest absolute Gasteiger partial charge is 0.380 e. The van der Waals surface area contributed by atoms with Crippen LogP contribution in [-0.4, -0.2) is 24.5 Å². The first-order valence-electron chi connectivity index (χ1n) is 7.16. The Kier molecular flexibility index (Phi) is 4.08. The van der Waals surface area contributed by atoms with Crippen molar-refractivity contribution in [3.63, 3.8) is 0 Å². The Morgan fingerprint density at radius 3 is 2.81 bits per heavy atom. The van der Waals surface area contributed by atoms with E-state index >= 15 is 0 Å². The van der Waals surface area contributed by atoms with Gasteiger partial charge in [0.1, 0.15) is 0 Å². The summed E-state index contributed by atoms with van der Waals surface area (Å²) in [6.45, 7) is 3.49. The summed E-state index contributed by atoms with van der Waals surface area (Å²) in [6.07, 6.45) is 0.963. The number of nitrogens with zero attached hydrogens (tertiary/aromatic N) is 1. The zero-order valence-corrected chi connectivity index (χ0v) is 13.2. The van der Waals surface area contributed by atoms with Crippen molar-refractivity contribution in [2.45, 2.75) is 26.0 Å². The lowest BCUT2D eigenvalue weighted by molar-refractivity contribution is 0.0679. The minimum absolute atomic E-state index is 0.114. The van der Waals surface area contributed by atoms with E-state index in [4.69, 9.17) is 4.74 Å². The number of carbonyl (C=O) groups is 1. The van der Waals surface area contributed by atoms with E-state index in [-0.39, 0.29) is 11.9 Å². The van der Waals surface area contributed by atoms with Gasteiger partial charge >= 0.3 is 0 Å². The first-order chi connectivity index (χ1) is 10.2. The number of carbonyl (C=O) groups excluding carboxylic acids is 1. The minimum atomic E-state index is 0.114. The van der Waals surface area contributed by atoms with Gasteiger partial charge in [0.25, 0.3) is 5.91 Å². The lowest BCUT2D eigenvalue weighted by atomic mass is 10.00. The summed E-state index contributed by atoms with van der Waals surface area (Å²) < 4.78 is 5.10. The zero-order chi connectivity index (χ0) is 14.8. The highest BCUT2D eigenvalue weighted by atomic mass is 32.1. The lowest BCUT2D eigenvalue weighted by Crippen LogP contribution is -2.38. The van der Waals surface area contributed by atoms with Gasteiger partial charge in [0.2, 0.25) is 0 Å². The molecule has 2 aromatic rings. The fourth-order valence-corrected chi connectivity index (χ4v) is 3.83. The molecular formula is C17H19NO2S. The summed E-state index contributed by atoms with van der Waals surface area (Å²) in [5.41, 5.74) is 3.14. The van der Waals surface area contributed by atoms with E-state index in [1.165, 1.54) is 10.4 Å². The number of rotatable bonds is 3. The van der Waals surface area contributed by atoms with Crippen molar-refractivity contribution in [3.05, 3.63) is 57.3 Å². The van der Waals surface area contributed by atoms with Crippen molar-refractivity contribution in [3.8, 4) is 0 Å². The van der Waals surface area contributed by atoms with Crippen LogP contribution >= 0.6 is 11.3 Å². The predicted molar refractivity (Wildman–Crippen MR) is 84.6 cm³/mol. The van der Waals surface area contributed by atoms with E-state index < -0.39 is 0 Å². The van der Waals surface area contributed by atoms with E-state index in [2.05, 4.69) is 18.4 Å². The first kappa shape index (κ1) is 14.3. The van der Waals surface area contributed by atoms with Crippen molar-refractivity contribution >= 4 is 17.2 Å². The lowest BCUT2D eigenvalue weighted by Gasteiger charge is -2.33. The van der Waals surface area contributed by atoms with Crippen LogP contribution in [0.15, 0.2) is 35.7 Å². The fourth-order valence-electron chi connectivity index (χ4n) is 2.86. The molecular weight excluding hydrogens is 282 g/mol. The van der Waals surface area contributed by atoms with Gasteiger partial charge in [-0.05, 0) is 48.1 Å². The summed E-state index contributed by atoms with van der Waals surface area (Å²) in [5, 5.41) is 2.12. The Hall–Kier alpha value is -1.65. The third-order valence-corrected chi connectivity index (χ3v) is 5.05. The van der Waals surface area contributed by atoms with Gasteiger partial charge in [0.05, 0.1) is 12.6 Å². The van der Waals surface area contributed by atoms with E-state index in [1.807, 2.05) is 29.2 Å². The number of fused-ring (bicyclic) bond motifs is 1. The summed E-state index contributed by atoms with van der Waals surface area (Å²) in [5.74, 6) is 0.114. The molecule has 0 bridgehead atoms. The van der Waals surface area contributed by atoms with E-state index in [1.54, 1.807) is 18.4 Å². The third-order valence-electron chi connectivity index (χ3n) is 4.05. The molecule has 0 saturated carbocycles. The Morgan fingerprint density at radius 2 is 2.10 bits per heavy atom. The van der Waals surface area contributed by atoms with Crippen LogP contribution in [0, 0.1) is 0 Å². The Morgan fingerprint density at radius 1 is 1.33 bits per heavy atom. The molecule has 1 aromatic carbocycles. The molecule has 4 heteroatoms. The summed E-state index contributed by atoms with van der Waals surface area (Å²) >= 11 is 1.79. The van der Waals surface area contributed by atoms with E-state index in [9.17, 15) is 4.79 Å². The van der Waals surface area contributed by atoms with Crippen LogP contribution < -0.4 is 0 Å². The van der Waals surface area contributed by atoms with Gasteiger partial charge in [0, 0.05) is 24.1 Å². The molecule has 21 heavy (non-hydrogen) atoms. The molecule has 1 atom stereocenters. The van der Waals surface area contributed by atoms with Crippen molar-refractivity contribution in [1.82, 2.24) is 4.90 Å². The van der Waals surface area contributed by atoms with Crippen LogP contribution in [0.1, 0.15) is 39.3 Å². The molecule has 0 spiro atoms. The molecule has 1 aliphatic heterocycles. The van der Waals surface area contributed by atoms with Gasteiger partial charge in [-0.25, -0.2) is 0 Å². The Bertz CT molecular complexity index is 632. The van der Waals surface area contributed by atoms with Crippen LogP contribution in [0.4, 0.5) is 0 Å². The molecule has 0 unspecified atom stereocenters. The summed E-state index contributed by atoms with van der Waals surface area (Å²) in [6, 6.07) is 10.0. The Balaban J connectivity index is 1.79. The molecule has 3 rings (SSSR count). The topological polar surface area (TPSA) is 29.5 Å². The molecule has 1 amide bonds. The molecule has 110 valence electrons. The van der Waals surface area contributed by atoms with Gasteiger partial charge < -0.3 is 9.64 Å². The molecule has 0 saturated heterocycles. The predicted octanol–water partition coefficient (Wildman–Crippen LogP) is 3.65. The van der Waals surface area contributed by atoms with Gasteiger partial charge in [-0.1, -0.05) is 12.1 Å². The maximum Gasteiger partial charge on any atom is 0.254 e. The second-order valence-corrected chi connectivity index (χ2v) is 6.35. The second kappa shape index (κ2) is 6.00. The van der Waals surface area contributed by atoms with E-state index in [0.717, 1.165) is 24.1 Å². The van der Waals surface area contributed by atoms with Crippen molar-refractivity contribution in [1.29, 1.82) is 0 Å². The maximum atomic E-state index is 12.7. The Labute approximate surface area is 129 Å². The highest BCUT2D eigenvalue weighted by molar-refractivity contribution is 7.10. The van der Waals surface area contributed by atoms with Crippen LogP contribution in [0.3, 0.4) is 0 Å². The van der Waals surface area contributed by atoms with Crippen LogP contribution in [0.5, 0.6) is 0 Å². The van der Waals surface area contributed by atoms with Crippen LogP contribution in [0.25, 0.3) is 0 Å². The van der Waals surface area contributed by atoms with Gasteiger partial charge in [-0.15, -0.1) is 11.3 Å². The molecule has 2 heterocycles. The van der Waals surface area contributed by atoms with E-state index in [0.29, 0.717) is 6.61 Å². The average Bonchev–Trinajstić information content (AvgIpc) is 2.98. The van der Waals surface area contributed by atoms with Crippen molar-refractivity contribution < 1.29 is 9.53 Å². The molecule has 1 aliphatic rings. The second-order valence-electron chi connectivity index (χ2n) is 5.35. The SMILES string of the molecule is COCc1ccc(C(=O)N2CCc3sccc3[C@H]2C)cc1. The maximum absolute atomic E-state index is 12.7. The molecule has 0 aliphatic carbocycles. The highest BCUT2D eigenvalue weighted by Gasteiger charge is 2.28. The molecule has 0 fully saturated rings. The van der Waals surface area contributed by atoms with Gasteiger partial charge in [-0.2, -0.15) is 0 Å². The number of ether oxygens (including phenoxy) is 1. The van der Waals surface area contributed by atoms with Crippen molar-refractivity contribution in [2.24, 2.45) is 0 Å². The normalized spacial score (nSPS) is 17.6. The third kappa shape index (κ3) is 2.74. The van der Waals surface area contributed by atoms with Crippen LogP contribution in [0.2, 0.25) is 0 Å². The first-order valence-corrected chi connectivity index (χ1v) is 8.04. The summed E-state index contributed by atoms with van der Waals surface area (Å²) in [4.78, 5) is 16.1. The molecule has 0 N–H and O–H groups in total. The number of thiophene rings is 1. The zero-order valence-electron chi connectivity index (χ0n) is 12.3. The molecule has 1 aromatic heterocycles. The van der Waals surface area contributed by atoms with Crippen molar-refractivity contribution in [2.75, 3.05) is 13.7 Å². The highest BCUT2D eigenvalue weighted by Crippen LogP contribution is 2.33. The monoisotopic (exact) mass is 301 g/mol. The van der Waals surface area contributed by atoms with Gasteiger partial charge in [-0.3, -0.25) is 4.79 Å². The van der Waals surface area contributed by atoms with Gasteiger partial charge in [0.15, 0.2) is 0 Å². The summed E-state index contributed by atoms with van der Waals surface area (Å²) in [7, 11) is 1.67. The number of amides is 1. The quantitative estimate of drug-likeness (QED) is 0.866. The standard InChI is InChI=1S/C17H19NO2S/c1-12-15-8-10-21-16(15)7-9-18(12)17(19)14-5-3-13(4-6-14)11-20-2/h3-6,8,10,12H,7,9,11H2,1-2H3/t12-/m1/s1.